The van der Waals surface area contributed by atoms with Crippen LogP contribution >= 0.6 is 11.8 Å². The number of benzene rings is 1. The highest BCUT2D eigenvalue weighted by Crippen LogP contribution is 2.26. The molecule has 0 bridgehead atoms. The van der Waals surface area contributed by atoms with Crippen LogP contribution in [0.4, 0.5) is 4.79 Å². The number of para-hydroxylation sites is 2. The SMILES string of the molecule is CCCCOC(=O)N(CCCSc1nc2ccccc2n1CC(=O)O)CC1CCCCC1. The molecule has 1 fully saturated rings. The highest BCUT2D eigenvalue weighted by molar-refractivity contribution is 7.99. The van der Waals surface area contributed by atoms with Crippen LogP contribution in [0.3, 0.4) is 0 Å². The highest BCUT2D eigenvalue weighted by atomic mass is 32.2. The molecule has 0 atom stereocenters. The fraction of sp³-hybridized carbons (Fsp3) is 0.625. The summed E-state index contributed by atoms with van der Waals surface area (Å²) in [5.74, 6) is 0.435. The Balaban J connectivity index is 1.57. The number of fused-ring (bicyclic) bond motifs is 1. The first-order valence-corrected chi connectivity index (χ1v) is 12.8. The standard InChI is InChI=1S/C24H35N3O4S/c1-2-3-15-31-24(30)26(17-19-10-5-4-6-11-19)14-9-16-32-23-25-20-12-7-8-13-21(20)27(23)18-22(28)29/h7-8,12-13,19H,2-6,9-11,14-18H2,1H3,(H,28,29). The monoisotopic (exact) mass is 461 g/mol. The van der Waals surface area contributed by atoms with Gasteiger partial charge < -0.3 is 19.3 Å². The largest absolute Gasteiger partial charge is 0.480 e. The third-order valence-corrected chi connectivity index (χ3v) is 6.96. The molecule has 32 heavy (non-hydrogen) atoms. The van der Waals surface area contributed by atoms with E-state index in [9.17, 15) is 14.7 Å². The average molecular weight is 462 g/mol. The number of carboxylic acid groups (broad SMARTS) is 1. The second-order valence-electron chi connectivity index (χ2n) is 8.48. The van der Waals surface area contributed by atoms with Crippen molar-refractivity contribution in [1.29, 1.82) is 0 Å². The van der Waals surface area contributed by atoms with Crippen LogP contribution in [0.15, 0.2) is 29.4 Å². The van der Waals surface area contributed by atoms with Gasteiger partial charge in [-0.15, -0.1) is 0 Å². The maximum absolute atomic E-state index is 12.7. The molecule has 1 aromatic heterocycles. The number of carbonyl (C=O) groups is 2. The van der Waals surface area contributed by atoms with E-state index in [-0.39, 0.29) is 12.6 Å². The lowest BCUT2D eigenvalue weighted by Gasteiger charge is -2.29. The van der Waals surface area contributed by atoms with E-state index in [0.717, 1.165) is 42.6 Å². The van der Waals surface area contributed by atoms with E-state index in [4.69, 9.17) is 4.74 Å². The molecule has 1 aliphatic carbocycles. The molecule has 0 unspecified atom stereocenters. The quantitative estimate of drug-likeness (QED) is 0.335. The molecular weight excluding hydrogens is 426 g/mol. The number of thioether (sulfide) groups is 1. The van der Waals surface area contributed by atoms with Gasteiger partial charge in [0.1, 0.15) is 6.54 Å². The topological polar surface area (TPSA) is 84.7 Å². The molecule has 1 aromatic carbocycles. The number of carboxylic acids is 1. The van der Waals surface area contributed by atoms with Gasteiger partial charge in [-0.05, 0) is 43.7 Å². The Morgan fingerprint density at radius 1 is 1.22 bits per heavy atom. The molecule has 3 rings (SSSR count). The van der Waals surface area contributed by atoms with Crippen molar-refractivity contribution in [3.8, 4) is 0 Å². The zero-order valence-electron chi connectivity index (χ0n) is 19.0. The number of carbonyl (C=O) groups excluding carboxylic acids is 1. The summed E-state index contributed by atoms with van der Waals surface area (Å²) in [5, 5.41) is 10.0. The molecule has 8 heteroatoms. The number of hydrogen-bond acceptors (Lipinski definition) is 5. The lowest BCUT2D eigenvalue weighted by atomic mass is 9.89. The number of aromatic nitrogens is 2. The molecule has 0 radical (unpaired) electrons. The molecule has 1 aliphatic rings. The van der Waals surface area contributed by atoms with Crippen LogP contribution in [0.25, 0.3) is 11.0 Å². The Bertz CT molecular complexity index is 879. The van der Waals surface area contributed by atoms with Crippen molar-refractivity contribution in [1.82, 2.24) is 14.5 Å². The fourth-order valence-corrected chi connectivity index (χ4v) is 5.14. The lowest BCUT2D eigenvalue weighted by molar-refractivity contribution is -0.137. The fourth-order valence-electron chi connectivity index (χ4n) is 4.20. The third kappa shape index (κ3) is 7.15. The molecule has 1 heterocycles. The van der Waals surface area contributed by atoms with Gasteiger partial charge in [0.15, 0.2) is 5.16 Å². The van der Waals surface area contributed by atoms with E-state index in [1.807, 2.05) is 29.2 Å². The molecule has 176 valence electrons. The van der Waals surface area contributed by atoms with Gasteiger partial charge in [-0.25, -0.2) is 9.78 Å². The van der Waals surface area contributed by atoms with Crippen LogP contribution in [0.2, 0.25) is 0 Å². The summed E-state index contributed by atoms with van der Waals surface area (Å²) in [6, 6.07) is 7.59. The van der Waals surface area contributed by atoms with Crippen molar-refractivity contribution < 1.29 is 19.4 Å². The maximum atomic E-state index is 12.7. The lowest BCUT2D eigenvalue weighted by Crippen LogP contribution is -2.37. The number of hydrogen-bond donors (Lipinski definition) is 1. The van der Waals surface area contributed by atoms with Gasteiger partial charge in [-0.2, -0.15) is 0 Å². The van der Waals surface area contributed by atoms with Gasteiger partial charge in [0.25, 0.3) is 0 Å². The third-order valence-electron chi connectivity index (χ3n) is 5.90. The summed E-state index contributed by atoms with van der Waals surface area (Å²) < 4.78 is 7.25. The maximum Gasteiger partial charge on any atom is 0.409 e. The van der Waals surface area contributed by atoms with Crippen molar-refractivity contribution in [2.75, 3.05) is 25.4 Å². The highest BCUT2D eigenvalue weighted by Gasteiger charge is 2.22. The predicted octanol–water partition coefficient (Wildman–Crippen LogP) is 5.42. The minimum absolute atomic E-state index is 0.111. The van der Waals surface area contributed by atoms with Crippen molar-refractivity contribution in [3.63, 3.8) is 0 Å². The molecular formula is C24H35N3O4S. The average Bonchev–Trinajstić information content (AvgIpc) is 3.13. The van der Waals surface area contributed by atoms with Gasteiger partial charge in [0.05, 0.1) is 17.6 Å². The Morgan fingerprint density at radius 2 is 2.00 bits per heavy atom. The summed E-state index contributed by atoms with van der Waals surface area (Å²) >= 11 is 1.55. The van der Waals surface area contributed by atoms with Crippen molar-refractivity contribution in [2.24, 2.45) is 5.92 Å². The second kappa shape index (κ2) is 12.7. The van der Waals surface area contributed by atoms with E-state index in [2.05, 4.69) is 11.9 Å². The number of imidazole rings is 1. The summed E-state index contributed by atoms with van der Waals surface area (Å²) in [6.45, 7) is 3.87. The van der Waals surface area contributed by atoms with E-state index >= 15 is 0 Å². The van der Waals surface area contributed by atoms with Gasteiger partial charge in [-0.3, -0.25) is 4.79 Å². The Hall–Kier alpha value is -2.22. The first-order chi connectivity index (χ1) is 15.6. The molecule has 1 saturated carbocycles. The molecule has 0 aliphatic heterocycles. The number of unbranched alkanes of at least 4 members (excludes halogenated alkanes) is 1. The summed E-state index contributed by atoms with van der Waals surface area (Å²) in [7, 11) is 0. The summed E-state index contributed by atoms with van der Waals surface area (Å²) in [4.78, 5) is 30.5. The van der Waals surface area contributed by atoms with Crippen LogP contribution in [0, 0.1) is 5.92 Å². The van der Waals surface area contributed by atoms with Crippen LogP contribution in [0.5, 0.6) is 0 Å². The van der Waals surface area contributed by atoms with E-state index in [1.54, 1.807) is 16.3 Å². The molecule has 1 amide bonds. The minimum Gasteiger partial charge on any atom is -0.480 e. The molecule has 2 aromatic rings. The molecule has 1 N–H and O–H groups in total. The van der Waals surface area contributed by atoms with Crippen LogP contribution in [-0.2, 0) is 16.1 Å². The second-order valence-corrected chi connectivity index (χ2v) is 9.55. The van der Waals surface area contributed by atoms with Gasteiger partial charge in [0.2, 0.25) is 0 Å². The first kappa shape index (κ1) is 24.4. The van der Waals surface area contributed by atoms with E-state index < -0.39 is 5.97 Å². The number of nitrogens with zero attached hydrogens (tertiary/aromatic N) is 3. The Kier molecular flexibility index (Phi) is 9.71. The van der Waals surface area contributed by atoms with Gasteiger partial charge >= 0.3 is 12.1 Å². The van der Waals surface area contributed by atoms with Crippen LogP contribution in [0.1, 0.15) is 58.3 Å². The van der Waals surface area contributed by atoms with Crippen molar-refractivity contribution in [3.05, 3.63) is 24.3 Å². The zero-order valence-corrected chi connectivity index (χ0v) is 19.8. The number of rotatable bonds is 12. The van der Waals surface area contributed by atoms with E-state index in [1.165, 1.54) is 32.1 Å². The normalized spacial score (nSPS) is 14.5. The summed E-state index contributed by atoms with van der Waals surface area (Å²) in [5.41, 5.74) is 1.63. The number of ether oxygens (including phenoxy) is 1. The smallest absolute Gasteiger partial charge is 0.409 e. The Labute approximate surface area is 194 Å². The zero-order chi connectivity index (χ0) is 22.8. The van der Waals surface area contributed by atoms with Gasteiger partial charge in [0, 0.05) is 18.8 Å². The minimum atomic E-state index is -0.886. The summed E-state index contributed by atoms with van der Waals surface area (Å²) in [6.07, 6.45) is 8.66. The Morgan fingerprint density at radius 3 is 2.75 bits per heavy atom. The molecule has 0 spiro atoms. The predicted molar refractivity (Wildman–Crippen MR) is 127 cm³/mol. The van der Waals surface area contributed by atoms with Gasteiger partial charge in [-0.1, -0.05) is 56.5 Å². The van der Waals surface area contributed by atoms with Crippen molar-refractivity contribution >= 4 is 34.9 Å². The number of aliphatic carboxylic acids is 1. The first-order valence-electron chi connectivity index (χ1n) is 11.8. The van der Waals surface area contributed by atoms with E-state index in [0.29, 0.717) is 24.2 Å². The van der Waals surface area contributed by atoms with Crippen LogP contribution in [-0.4, -0.2) is 57.1 Å². The molecule has 7 nitrogen and oxygen atoms in total. The number of amides is 1. The molecule has 0 saturated heterocycles. The van der Waals surface area contributed by atoms with Crippen LogP contribution < -0.4 is 0 Å². The van der Waals surface area contributed by atoms with Crippen molar-refractivity contribution in [2.45, 2.75) is 70.0 Å².